The minimum absolute atomic E-state index is 0.0567. The highest BCUT2D eigenvalue weighted by atomic mass is 32.2. The van der Waals surface area contributed by atoms with Crippen molar-refractivity contribution in [2.75, 3.05) is 7.11 Å². The molecule has 0 bridgehead atoms. The molecule has 1 aliphatic rings. The molecule has 2 aromatic rings. The van der Waals surface area contributed by atoms with Crippen LogP contribution in [0.5, 0.6) is 5.75 Å². The first-order chi connectivity index (χ1) is 11.4. The van der Waals surface area contributed by atoms with Gasteiger partial charge in [0.25, 0.3) is 5.91 Å². The summed E-state index contributed by atoms with van der Waals surface area (Å²) >= 11 is 0. The Hall–Kier alpha value is -2.15. The molecule has 0 aliphatic heterocycles. The van der Waals surface area contributed by atoms with E-state index < -0.39 is 21.0 Å². The molecule has 1 fully saturated rings. The monoisotopic (exact) mass is 348 g/mol. The van der Waals surface area contributed by atoms with Gasteiger partial charge in [0.05, 0.1) is 17.9 Å². The number of nitrogens with zero attached hydrogens (tertiary/aromatic N) is 1. The van der Waals surface area contributed by atoms with Crippen LogP contribution < -0.4 is 10.5 Å². The number of hydrogen-bond acceptors (Lipinski definition) is 5. The maximum Gasteiger partial charge on any atom is 0.252 e. The van der Waals surface area contributed by atoms with Crippen molar-refractivity contribution < 1.29 is 17.9 Å². The maximum absolute atomic E-state index is 13.0. The second-order valence-corrected chi connectivity index (χ2v) is 8.20. The average Bonchev–Trinajstić information content (AvgIpc) is 2.60. The molecule has 0 atom stereocenters. The van der Waals surface area contributed by atoms with Crippen molar-refractivity contribution >= 4 is 26.5 Å². The SMILES string of the molecule is COc1cc2c(S(=O)(=O)C3CCCCC3)nccc2cc1C(N)=O. The average molecular weight is 348 g/mol. The molecule has 1 heterocycles. The van der Waals surface area contributed by atoms with Crippen LogP contribution in [0.15, 0.2) is 29.4 Å². The summed E-state index contributed by atoms with van der Waals surface area (Å²) in [5.41, 5.74) is 5.59. The van der Waals surface area contributed by atoms with Crippen LogP contribution in [0.25, 0.3) is 10.8 Å². The number of benzene rings is 1. The first-order valence-electron chi connectivity index (χ1n) is 7.95. The van der Waals surface area contributed by atoms with E-state index in [-0.39, 0.29) is 16.3 Å². The third-order valence-electron chi connectivity index (χ3n) is 4.57. The summed E-state index contributed by atoms with van der Waals surface area (Å²) in [5, 5.41) is 0.728. The lowest BCUT2D eigenvalue weighted by atomic mass is 10.0. The molecule has 1 aliphatic carbocycles. The Kier molecular flexibility index (Phi) is 4.45. The van der Waals surface area contributed by atoms with Gasteiger partial charge in [-0.25, -0.2) is 13.4 Å². The Bertz CT molecular complexity index is 887. The minimum atomic E-state index is -3.53. The molecule has 6 nitrogen and oxygen atoms in total. The number of fused-ring (bicyclic) bond motifs is 1. The maximum atomic E-state index is 13.0. The largest absolute Gasteiger partial charge is 0.496 e. The van der Waals surface area contributed by atoms with Gasteiger partial charge in [-0.2, -0.15) is 0 Å². The van der Waals surface area contributed by atoms with E-state index in [0.717, 1.165) is 19.3 Å². The van der Waals surface area contributed by atoms with E-state index in [1.165, 1.54) is 19.4 Å². The van der Waals surface area contributed by atoms with E-state index >= 15 is 0 Å². The highest BCUT2D eigenvalue weighted by Crippen LogP contribution is 2.33. The summed E-state index contributed by atoms with van der Waals surface area (Å²) in [4.78, 5) is 15.7. The van der Waals surface area contributed by atoms with Gasteiger partial charge in [0, 0.05) is 11.6 Å². The van der Waals surface area contributed by atoms with E-state index in [0.29, 0.717) is 23.6 Å². The molecule has 1 aromatic heterocycles. The first kappa shape index (κ1) is 16.7. The van der Waals surface area contributed by atoms with Crippen molar-refractivity contribution in [1.82, 2.24) is 4.98 Å². The fraction of sp³-hybridized carbons (Fsp3) is 0.412. The van der Waals surface area contributed by atoms with Crippen molar-refractivity contribution in [1.29, 1.82) is 0 Å². The van der Waals surface area contributed by atoms with Crippen LogP contribution in [-0.2, 0) is 9.84 Å². The van der Waals surface area contributed by atoms with Crippen LogP contribution in [0, 0.1) is 0 Å². The Balaban J connectivity index is 2.20. The van der Waals surface area contributed by atoms with Crippen LogP contribution >= 0.6 is 0 Å². The lowest BCUT2D eigenvalue weighted by molar-refractivity contribution is 0.0997. The Morgan fingerprint density at radius 2 is 1.96 bits per heavy atom. The molecule has 128 valence electrons. The smallest absolute Gasteiger partial charge is 0.252 e. The van der Waals surface area contributed by atoms with Gasteiger partial charge in [-0.05, 0) is 36.4 Å². The number of carbonyl (C=O) groups is 1. The molecule has 0 spiro atoms. The lowest BCUT2D eigenvalue weighted by Crippen LogP contribution is -2.25. The summed E-state index contributed by atoms with van der Waals surface area (Å²) in [7, 11) is -2.11. The standard InChI is InChI=1S/C17H20N2O4S/c1-23-15-10-13-11(9-14(15)16(18)20)7-8-19-17(13)24(21,22)12-5-3-2-4-6-12/h7-10,12H,2-6H2,1H3,(H2,18,20). The van der Waals surface area contributed by atoms with Crippen LogP contribution in [0.1, 0.15) is 42.5 Å². The fourth-order valence-electron chi connectivity index (χ4n) is 3.30. The van der Waals surface area contributed by atoms with E-state index in [1.54, 1.807) is 12.1 Å². The first-order valence-corrected chi connectivity index (χ1v) is 9.50. The molecular formula is C17H20N2O4S. The quantitative estimate of drug-likeness (QED) is 0.915. The van der Waals surface area contributed by atoms with Gasteiger partial charge in [0.2, 0.25) is 0 Å². The number of sulfone groups is 1. The summed E-state index contributed by atoms with van der Waals surface area (Å²) in [6.07, 6.45) is 5.70. The molecule has 24 heavy (non-hydrogen) atoms. The highest BCUT2D eigenvalue weighted by Gasteiger charge is 2.31. The second-order valence-electron chi connectivity index (χ2n) is 6.06. The Labute approximate surface area is 140 Å². The molecular weight excluding hydrogens is 328 g/mol. The Morgan fingerprint density at radius 3 is 2.58 bits per heavy atom. The molecule has 0 unspecified atom stereocenters. The van der Waals surface area contributed by atoms with Crippen molar-refractivity contribution in [2.45, 2.75) is 42.4 Å². The molecule has 0 radical (unpaired) electrons. The summed E-state index contributed by atoms with van der Waals surface area (Å²) < 4.78 is 31.3. The zero-order valence-electron chi connectivity index (χ0n) is 13.5. The molecule has 7 heteroatoms. The van der Waals surface area contributed by atoms with Gasteiger partial charge in [-0.3, -0.25) is 4.79 Å². The second kappa shape index (κ2) is 6.39. The van der Waals surface area contributed by atoms with Gasteiger partial charge in [0.1, 0.15) is 5.75 Å². The third kappa shape index (κ3) is 2.84. The molecule has 0 saturated heterocycles. The molecule has 2 N–H and O–H groups in total. The molecule has 1 aromatic carbocycles. The summed E-state index contributed by atoms with van der Waals surface area (Å²) in [6.45, 7) is 0. The van der Waals surface area contributed by atoms with Gasteiger partial charge in [-0.15, -0.1) is 0 Å². The predicted molar refractivity (Wildman–Crippen MR) is 90.9 cm³/mol. The lowest BCUT2D eigenvalue weighted by Gasteiger charge is -2.22. The zero-order valence-corrected chi connectivity index (χ0v) is 14.3. The van der Waals surface area contributed by atoms with Crippen LogP contribution in [0.3, 0.4) is 0 Å². The van der Waals surface area contributed by atoms with Crippen molar-refractivity contribution in [2.24, 2.45) is 5.73 Å². The number of methoxy groups -OCH3 is 1. The third-order valence-corrected chi connectivity index (χ3v) is 6.79. The minimum Gasteiger partial charge on any atom is -0.496 e. The van der Waals surface area contributed by atoms with Crippen LogP contribution in [-0.4, -0.2) is 31.7 Å². The number of hydrogen-bond donors (Lipinski definition) is 1. The summed E-state index contributed by atoms with van der Waals surface area (Å²) in [5.74, 6) is -0.370. The normalized spacial score (nSPS) is 16.2. The number of primary amides is 1. The number of carbonyl (C=O) groups excluding carboxylic acids is 1. The van der Waals surface area contributed by atoms with E-state index in [2.05, 4.69) is 4.98 Å². The number of pyridine rings is 1. The number of rotatable bonds is 4. The zero-order chi connectivity index (χ0) is 17.3. The molecule has 1 saturated carbocycles. The van der Waals surface area contributed by atoms with E-state index in [9.17, 15) is 13.2 Å². The van der Waals surface area contributed by atoms with Gasteiger partial charge in [-0.1, -0.05) is 19.3 Å². The van der Waals surface area contributed by atoms with Crippen molar-refractivity contribution in [3.05, 3.63) is 30.0 Å². The number of amides is 1. The number of ether oxygens (including phenoxy) is 1. The van der Waals surface area contributed by atoms with Gasteiger partial charge >= 0.3 is 0 Å². The summed E-state index contributed by atoms with van der Waals surface area (Å²) in [6, 6.07) is 4.76. The predicted octanol–water partition coefficient (Wildman–Crippen LogP) is 2.45. The molecule has 1 amide bonds. The number of nitrogens with two attached hydrogens (primary N) is 1. The van der Waals surface area contributed by atoms with Crippen LogP contribution in [0.4, 0.5) is 0 Å². The van der Waals surface area contributed by atoms with Gasteiger partial charge in [0.15, 0.2) is 14.9 Å². The van der Waals surface area contributed by atoms with Crippen LogP contribution in [0.2, 0.25) is 0 Å². The fourth-order valence-corrected chi connectivity index (χ4v) is 5.26. The number of aromatic nitrogens is 1. The van der Waals surface area contributed by atoms with E-state index in [4.69, 9.17) is 10.5 Å². The topological polar surface area (TPSA) is 99.3 Å². The van der Waals surface area contributed by atoms with Crippen molar-refractivity contribution in [3.63, 3.8) is 0 Å². The highest BCUT2D eigenvalue weighted by molar-refractivity contribution is 7.92. The van der Waals surface area contributed by atoms with E-state index in [1.807, 2.05) is 0 Å². The Morgan fingerprint density at radius 1 is 1.25 bits per heavy atom. The van der Waals surface area contributed by atoms with Crippen molar-refractivity contribution in [3.8, 4) is 5.75 Å². The van der Waals surface area contributed by atoms with Gasteiger partial charge < -0.3 is 10.5 Å². The molecule has 3 rings (SSSR count).